The Morgan fingerprint density at radius 2 is 1.65 bits per heavy atom. The summed E-state index contributed by atoms with van der Waals surface area (Å²) in [7, 11) is 0. The third-order valence-corrected chi connectivity index (χ3v) is 6.38. The van der Waals surface area contributed by atoms with Gasteiger partial charge in [-0.1, -0.05) is 30.3 Å². The Labute approximate surface area is 137 Å². The van der Waals surface area contributed by atoms with Crippen molar-refractivity contribution < 1.29 is 0 Å². The van der Waals surface area contributed by atoms with Crippen LogP contribution in [-0.2, 0) is 6.54 Å². The molecule has 0 spiro atoms. The number of nitrogens with one attached hydrogen (secondary N) is 2. The molecule has 3 heteroatoms. The molecule has 1 aromatic heterocycles. The highest BCUT2D eigenvalue weighted by molar-refractivity contribution is 5.57. The molecule has 4 aliphatic rings. The molecule has 4 aliphatic carbocycles. The molecule has 1 aromatic carbocycles. The first-order valence-corrected chi connectivity index (χ1v) is 9.12. The van der Waals surface area contributed by atoms with Crippen LogP contribution < -0.4 is 5.32 Å². The third kappa shape index (κ3) is 2.51. The first-order chi connectivity index (χ1) is 11.3. The van der Waals surface area contributed by atoms with Gasteiger partial charge in [-0.2, -0.15) is 0 Å². The summed E-state index contributed by atoms with van der Waals surface area (Å²) in [6.07, 6.45) is 10.6. The van der Waals surface area contributed by atoms with Gasteiger partial charge in [0.05, 0.1) is 18.4 Å². The van der Waals surface area contributed by atoms with E-state index in [1.54, 1.807) is 0 Å². The van der Waals surface area contributed by atoms with E-state index in [0.29, 0.717) is 5.54 Å². The molecule has 3 nitrogen and oxygen atoms in total. The van der Waals surface area contributed by atoms with E-state index in [1.807, 2.05) is 6.20 Å². The van der Waals surface area contributed by atoms with Gasteiger partial charge in [-0.15, -0.1) is 0 Å². The van der Waals surface area contributed by atoms with E-state index in [4.69, 9.17) is 0 Å². The van der Waals surface area contributed by atoms with Crippen LogP contribution in [-0.4, -0.2) is 15.5 Å². The largest absolute Gasteiger partial charge is 0.341 e. The van der Waals surface area contributed by atoms with Gasteiger partial charge >= 0.3 is 0 Å². The van der Waals surface area contributed by atoms with Crippen LogP contribution in [0.3, 0.4) is 0 Å². The summed E-state index contributed by atoms with van der Waals surface area (Å²) in [6, 6.07) is 10.5. The molecule has 2 N–H and O–H groups in total. The number of aromatic nitrogens is 2. The predicted molar refractivity (Wildman–Crippen MR) is 91.8 cm³/mol. The second kappa shape index (κ2) is 5.20. The quantitative estimate of drug-likeness (QED) is 0.891. The van der Waals surface area contributed by atoms with E-state index in [0.717, 1.165) is 35.8 Å². The zero-order valence-electron chi connectivity index (χ0n) is 13.6. The highest BCUT2D eigenvalue weighted by Gasteiger charge is 2.50. The van der Waals surface area contributed by atoms with Gasteiger partial charge in [-0.25, -0.2) is 4.98 Å². The van der Waals surface area contributed by atoms with Gasteiger partial charge in [0, 0.05) is 5.54 Å². The van der Waals surface area contributed by atoms with Crippen molar-refractivity contribution in [3.8, 4) is 11.3 Å². The maximum absolute atomic E-state index is 4.59. The smallest absolute Gasteiger partial charge is 0.120 e. The molecular formula is C20H25N3. The Hall–Kier alpha value is -1.61. The fourth-order valence-electron chi connectivity index (χ4n) is 5.82. The molecule has 2 aromatic rings. The zero-order chi connectivity index (χ0) is 15.3. The summed E-state index contributed by atoms with van der Waals surface area (Å²) in [4.78, 5) is 8.08. The lowest BCUT2D eigenvalue weighted by molar-refractivity contribution is -0.0208. The molecular weight excluding hydrogens is 282 g/mol. The second-order valence-electron chi connectivity index (χ2n) is 8.16. The number of benzene rings is 1. The fourth-order valence-corrected chi connectivity index (χ4v) is 5.82. The molecule has 4 fully saturated rings. The van der Waals surface area contributed by atoms with Crippen LogP contribution in [0.5, 0.6) is 0 Å². The van der Waals surface area contributed by atoms with Gasteiger partial charge < -0.3 is 10.3 Å². The predicted octanol–water partition coefficient (Wildman–Crippen LogP) is 4.14. The first kappa shape index (κ1) is 13.8. The van der Waals surface area contributed by atoms with E-state index in [9.17, 15) is 0 Å². The highest BCUT2D eigenvalue weighted by Crippen LogP contribution is 2.55. The number of imidazole rings is 1. The van der Waals surface area contributed by atoms with E-state index in [1.165, 1.54) is 44.1 Å². The number of aromatic amines is 1. The van der Waals surface area contributed by atoms with Crippen molar-refractivity contribution in [2.75, 3.05) is 0 Å². The van der Waals surface area contributed by atoms with Crippen molar-refractivity contribution in [3.63, 3.8) is 0 Å². The Kier molecular flexibility index (Phi) is 3.12. The number of hydrogen-bond donors (Lipinski definition) is 2. The third-order valence-electron chi connectivity index (χ3n) is 6.38. The van der Waals surface area contributed by atoms with E-state index in [-0.39, 0.29) is 0 Å². The summed E-state index contributed by atoms with van der Waals surface area (Å²) in [6.45, 7) is 0.874. The SMILES string of the molecule is c1ccc(-c2cnc(CNC34CC5CC(CC(C5)C3)C4)[nH]2)cc1. The van der Waals surface area contributed by atoms with E-state index < -0.39 is 0 Å². The van der Waals surface area contributed by atoms with Crippen LogP contribution in [0.2, 0.25) is 0 Å². The lowest BCUT2D eigenvalue weighted by Crippen LogP contribution is -2.58. The minimum absolute atomic E-state index is 0.411. The summed E-state index contributed by atoms with van der Waals surface area (Å²) in [5.74, 6) is 4.04. The van der Waals surface area contributed by atoms with Crippen LogP contribution in [0, 0.1) is 17.8 Å². The monoisotopic (exact) mass is 307 g/mol. The van der Waals surface area contributed by atoms with Crippen molar-refractivity contribution in [2.45, 2.75) is 50.6 Å². The molecule has 0 atom stereocenters. The van der Waals surface area contributed by atoms with Gasteiger partial charge in [-0.05, 0) is 61.8 Å². The Bertz CT molecular complexity index is 653. The summed E-state index contributed by atoms with van der Waals surface area (Å²) in [5.41, 5.74) is 2.74. The zero-order valence-corrected chi connectivity index (χ0v) is 13.6. The summed E-state index contributed by atoms with van der Waals surface area (Å²) >= 11 is 0. The van der Waals surface area contributed by atoms with Crippen molar-refractivity contribution in [1.29, 1.82) is 0 Å². The maximum Gasteiger partial charge on any atom is 0.120 e. The van der Waals surface area contributed by atoms with Crippen molar-refractivity contribution in [1.82, 2.24) is 15.3 Å². The second-order valence-corrected chi connectivity index (χ2v) is 8.16. The first-order valence-electron chi connectivity index (χ1n) is 9.12. The van der Waals surface area contributed by atoms with Crippen LogP contribution in [0.15, 0.2) is 36.5 Å². The van der Waals surface area contributed by atoms with Crippen molar-refractivity contribution in [2.24, 2.45) is 17.8 Å². The molecule has 0 saturated heterocycles. The van der Waals surface area contributed by atoms with Gasteiger partial charge in [0.15, 0.2) is 0 Å². The van der Waals surface area contributed by atoms with Gasteiger partial charge in [0.25, 0.3) is 0 Å². The van der Waals surface area contributed by atoms with E-state index in [2.05, 4.69) is 45.6 Å². The lowest BCUT2D eigenvalue weighted by Gasteiger charge is -2.57. The van der Waals surface area contributed by atoms with Crippen LogP contribution in [0.25, 0.3) is 11.3 Å². The molecule has 120 valence electrons. The molecule has 1 heterocycles. The normalized spacial score (nSPS) is 34.9. The van der Waals surface area contributed by atoms with Crippen molar-refractivity contribution in [3.05, 3.63) is 42.4 Å². The van der Waals surface area contributed by atoms with Crippen LogP contribution in [0.4, 0.5) is 0 Å². The molecule has 0 amide bonds. The average Bonchev–Trinajstić information content (AvgIpc) is 3.02. The topological polar surface area (TPSA) is 40.7 Å². The Morgan fingerprint density at radius 1 is 1.00 bits per heavy atom. The minimum atomic E-state index is 0.411. The van der Waals surface area contributed by atoms with Crippen LogP contribution in [0.1, 0.15) is 44.3 Å². The maximum atomic E-state index is 4.59. The van der Waals surface area contributed by atoms with Gasteiger partial charge in [0.1, 0.15) is 5.82 Å². The molecule has 0 radical (unpaired) electrons. The Morgan fingerprint density at radius 3 is 2.30 bits per heavy atom. The summed E-state index contributed by atoms with van der Waals surface area (Å²) in [5, 5.41) is 3.91. The number of H-pyrrole nitrogens is 1. The molecule has 4 saturated carbocycles. The highest BCUT2D eigenvalue weighted by atomic mass is 15.0. The molecule has 4 bridgehead atoms. The number of nitrogens with zero attached hydrogens (tertiary/aromatic N) is 1. The van der Waals surface area contributed by atoms with Crippen LogP contribution >= 0.6 is 0 Å². The van der Waals surface area contributed by atoms with Gasteiger partial charge in [0.2, 0.25) is 0 Å². The average molecular weight is 307 g/mol. The standard InChI is InChI=1S/C20H25N3/c1-2-4-17(5-3-1)18-12-21-19(23-18)13-22-20-9-14-6-15(10-20)8-16(7-14)11-20/h1-5,12,14-16,22H,6-11,13H2,(H,21,23). The minimum Gasteiger partial charge on any atom is -0.341 e. The summed E-state index contributed by atoms with van der Waals surface area (Å²) < 4.78 is 0. The molecule has 0 aliphatic heterocycles. The molecule has 23 heavy (non-hydrogen) atoms. The molecule has 0 unspecified atom stereocenters. The van der Waals surface area contributed by atoms with Gasteiger partial charge in [-0.3, -0.25) is 0 Å². The fraction of sp³-hybridized carbons (Fsp3) is 0.550. The van der Waals surface area contributed by atoms with E-state index >= 15 is 0 Å². The number of hydrogen-bond acceptors (Lipinski definition) is 2. The van der Waals surface area contributed by atoms with Crippen molar-refractivity contribution >= 4 is 0 Å². The number of rotatable bonds is 4. The Balaban J connectivity index is 1.29. The molecule has 6 rings (SSSR count). The lowest BCUT2D eigenvalue weighted by atomic mass is 9.53.